The van der Waals surface area contributed by atoms with Crippen molar-refractivity contribution in [3.63, 3.8) is 0 Å². The van der Waals surface area contributed by atoms with Crippen molar-refractivity contribution in [1.29, 1.82) is 0 Å². The minimum atomic E-state index is -1.03. The van der Waals surface area contributed by atoms with Crippen LogP contribution in [0.3, 0.4) is 0 Å². The highest BCUT2D eigenvalue weighted by atomic mass is 32.2. The van der Waals surface area contributed by atoms with Crippen molar-refractivity contribution in [2.45, 2.75) is 51.6 Å². The first-order valence-corrected chi connectivity index (χ1v) is 9.46. The van der Waals surface area contributed by atoms with Gasteiger partial charge in [0.15, 0.2) is 0 Å². The standard InChI is InChI=1S/C15H25N3O6S.3H2/c1-9(2)8-11(16-14(21)10(17-23)6-7-25-3)15(22)24-18-12(19)4-5-13(18)20;;;/h9-11,17,23H,4-8H2,1-3H3,(H,16,21);3*1H/t10-,11-;;;/m0.../s1. The Bertz CT molecular complexity index is 511. The molecule has 1 saturated heterocycles. The van der Waals surface area contributed by atoms with E-state index in [2.05, 4.69) is 5.32 Å². The molecule has 1 rings (SSSR count). The SMILES string of the molecule is CSCC[C@H](NO)C(=O)N[C@@H](CC(C)C)C(=O)ON1C(=O)CCC1=O.[HH].[HH].[HH]. The molecule has 0 saturated carbocycles. The van der Waals surface area contributed by atoms with Gasteiger partial charge in [-0.25, -0.2) is 4.79 Å². The maximum Gasteiger partial charge on any atom is 0.355 e. The first-order valence-electron chi connectivity index (χ1n) is 8.06. The summed E-state index contributed by atoms with van der Waals surface area (Å²) in [5.74, 6) is -1.91. The molecule has 0 aromatic rings. The van der Waals surface area contributed by atoms with E-state index in [0.29, 0.717) is 17.2 Å². The number of rotatable bonds is 10. The molecule has 0 aromatic heterocycles. The van der Waals surface area contributed by atoms with Crippen LogP contribution in [0.2, 0.25) is 0 Å². The maximum atomic E-state index is 12.3. The molecular formula is C15H31N3O6S. The number of thioether (sulfide) groups is 1. The van der Waals surface area contributed by atoms with E-state index in [0.717, 1.165) is 0 Å². The fraction of sp³-hybridized carbons (Fsp3) is 0.733. The third-order valence-electron chi connectivity index (χ3n) is 3.58. The molecule has 25 heavy (non-hydrogen) atoms. The van der Waals surface area contributed by atoms with E-state index in [1.807, 2.05) is 25.6 Å². The molecule has 0 bridgehead atoms. The van der Waals surface area contributed by atoms with E-state index < -0.39 is 35.8 Å². The zero-order valence-electron chi connectivity index (χ0n) is 14.6. The van der Waals surface area contributed by atoms with Gasteiger partial charge >= 0.3 is 5.97 Å². The summed E-state index contributed by atoms with van der Waals surface area (Å²) in [6, 6.07) is -1.90. The highest BCUT2D eigenvalue weighted by molar-refractivity contribution is 7.98. The van der Waals surface area contributed by atoms with Gasteiger partial charge in [-0.1, -0.05) is 13.8 Å². The highest BCUT2D eigenvalue weighted by Crippen LogP contribution is 2.15. The first kappa shape index (κ1) is 21.4. The van der Waals surface area contributed by atoms with Crippen LogP contribution in [0.25, 0.3) is 0 Å². The average molecular weight is 381 g/mol. The molecule has 0 unspecified atom stereocenters. The fourth-order valence-corrected chi connectivity index (χ4v) is 2.73. The second kappa shape index (κ2) is 10.4. The van der Waals surface area contributed by atoms with Crippen LogP contribution in [-0.4, -0.2) is 58.1 Å². The predicted octanol–water partition coefficient (Wildman–Crippen LogP) is 0.963. The van der Waals surface area contributed by atoms with Gasteiger partial charge < -0.3 is 15.4 Å². The zero-order valence-corrected chi connectivity index (χ0v) is 15.4. The van der Waals surface area contributed by atoms with Gasteiger partial charge in [0.25, 0.3) is 11.8 Å². The molecule has 0 aliphatic carbocycles. The Morgan fingerprint density at radius 3 is 2.36 bits per heavy atom. The average Bonchev–Trinajstić information content (AvgIpc) is 2.86. The molecule has 0 spiro atoms. The van der Waals surface area contributed by atoms with Crippen molar-refractivity contribution < 1.29 is 33.5 Å². The number of imide groups is 1. The monoisotopic (exact) mass is 381 g/mol. The second-order valence-electron chi connectivity index (χ2n) is 6.15. The van der Waals surface area contributed by atoms with Gasteiger partial charge in [-0.15, -0.1) is 5.06 Å². The van der Waals surface area contributed by atoms with Gasteiger partial charge in [0, 0.05) is 17.1 Å². The normalized spacial score (nSPS) is 16.9. The Balaban J connectivity index is -0.00000208. The highest BCUT2D eigenvalue weighted by Gasteiger charge is 2.36. The number of nitrogens with one attached hydrogen (secondary N) is 2. The summed E-state index contributed by atoms with van der Waals surface area (Å²) in [6.45, 7) is 3.71. The summed E-state index contributed by atoms with van der Waals surface area (Å²) in [6.07, 6.45) is 2.50. The largest absolute Gasteiger partial charge is 0.355 e. The predicted molar refractivity (Wildman–Crippen MR) is 96.6 cm³/mol. The van der Waals surface area contributed by atoms with Crippen molar-refractivity contribution in [3.05, 3.63) is 0 Å². The van der Waals surface area contributed by atoms with Gasteiger partial charge in [0.1, 0.15) is 12.1 Å². The minimum Gasteiger partial charge on any atom is -0.341 e. The summed E-state index contributed by atoms with van der Waals surface area (Å²) in [7, 11) is 0. The third-order valence-corrected chi connectivity index (χ3v) is 4.22. The van der Waals surface area contributed by atoms with Crippen LogP contribution in [0.5, 0.6) is 0 Å². The molecule has 3 N–H and O–H groups in total. The molecular weight excluding hydrogens is 350 g/mol. The molecule has 148 valence electrons. The summed E-state index contributed by atoms with van der Waals surface area (Å²) in [4.78, 5) is 52.6. The van der Waals surface area contributed by atoms with Gasteiger partial charge in [-0.05, 0) is 30.8 Å². The molecule has 0 radical (unpaired) electrons. The number of amides is 3. The van der Waals surface area contributed by atoms with E-state index in [-0.39, 0.29) is 29.5 Å². The van der Waals surface area contributed by atoms with Crippen LogP contribution in [0.4, 0.5) is 0 Å². The number of carbonyl (C=O) groups excluding carboxylic acids is 4. The molecule has 1 aliphatic rings. The van der Waals surface area contributed by atoms with E-state index in [1.54, 1.807) is 0 Å². The summed E-state index contributed by atoms with van der Waals surface area (Å²) in [5.41, 5.74) is 1.93. The Labute approximate surface area is 155 Å². The summed E-state index contributed by atoms with van der Waals surface area (Å²) in [5, 5.41) is 12.1. The Hall–Kier alpha value is -1.65. The van der Waals surface area contributed by atoms with Crippen LogP contribution < -0.4 is 10.8 Å². The molecule has 3 amide bonds. The van der Waals surface area contributed by atoms with Crippen molar-refractivity contribution in [2.24, 2.45) is 5.92 Å². The lowest BCUT2D eigenvalue weighted by Crippen LogP contribution is -2.51. The molecule has 1 aliphatic heterocycles. The Morgan fingerprint density at radius 2 is 1.88 bits per heavy atom. The van der Waals surface area contributed by atoms with Crippen LogP contribution in [0.15, 0.2) is 0 Å². The molecule has 1 fully saturated rings. The van der Waals surface area contributed by atoms with Crippen LogP contribution in [0, 0.1) is 5.92 Å². The molecule has 0 aromatic carbocycles. The van der Waals surface area contributed by atoms with Crippen molar-refractivity contribution >= 4 is 35.5 Å². The van der Waals surface area contributed by atoms with Gasteiger partial charge in [0.2, 0.25) is 5.91 Å². The molecule has 9 nitrogen and oxygen atoms in total. The van der Waals surface area contributed by atoms with E-state index in [4.69, 9.17) is 10.0 Å². The van der Waals surface area contributed by atoms with E-state index in [9.17, 15) is 19.2 Å². The fourth-order valence-electron chi connectivity index (χ4n) is 2.26. The lowest BCUT2D eigenvalue weighted by molar-refractivity contribution is -0.199. The topological polar surface area (TPSA) is 125 Å². The first-order chi connectivity index (χ1) is 11.8. The molecule has 2 atom stereocenters. The lowest BCUT2D eigenvalue weighted by Gasteiger charge is -2.23. The smallest absolute Gasteiger partial charge is 0.341 e. The number of carbonyl (C=O) groups is 4. The number of hydrogen-bond acceptors (Lipinski definition) is 8. The van der Waals surface area contributed by atoms with Crippen LogP contribution >= 0.6 is 11.8 Å². The van der Waals surface area contributed by atoms with Crippen molar-refractivity contribution in [3.8, 4) is 0 Å². The Morgan fingerprint density at radius 1 is 1.28 bits per heavy atom. The van der Waals surface area contributed by atoms with Crippen LogP contribution in [-0.2, 0) is 24.0 Å². The minimum absolute atomic E-state index is 0. The van der Waals surface area contributed by atoms with Gasteiger partial charge in [-0.3, -0.25) is 14.4 Å². The quantitative estimate of drug-likeness (QED) is 0.377. The molecule has 10 heteroatoms. The number of nitrogens with zero attached hydrogens (tertiary/aromatic N) is 1. The van der Waals surface area contributed by atoms with E-state index >= 15 is 0 Å². The third kappa shape index (κ3) is 6.63. The van der Waals surface area contributed by atoms with Crippen molar-refractivity contribution in [1.82, 2.24) is 15.9 Å². The lowest BCUT2D eigenvalue weighted by atomic mass is 10.0. The zero-order chi connectivity index (χ0) is 19.0. The summed E-state index contributed by atoms with van der Waals surface area (Å²) >= 11 is 1.52. The van der Waals surface area contributed by atoms with Gasteiger partial charge in [0.05, 0.1) is 0 Å². The van der Waals surface area contributed by atoms with E-state index in [1.165, 1.54) is 11.8 Å². The summed E-state index contributed by atoms with van der Waals surface area (Å²) < 4.78 is 0. The Kier molecular flexibility index (Phi) is 8.87. The number of hydrogen-bond donors (Lipinski definition) is 3. The maximum absolute atomic E-state index is 12.3. The van der Waals surface area contributed by atoms with Crippen LogP contribution in [0.1, 0.15) is 43.8 Å². The van der Waals surface area contributed by atoms with Gasteiger partial charge in [-0.2, -0.15) is 17.2 Å². The second-order valence-corrected chi connectivity index (χ2v) is 7.13. The molecule has 1 heterocycles. The van der Waals surface area contributed by atoms with Crippen molar-refractivity contribution in [2.75, 3.05) is 12.0 Å². The number of hydroxylamine groups is 3.